The number of amides is 1. The largest absolute Gasteiger partial charge is 0.462 e. The second-order valence-electron chi connectivity index (χ2n) is 7.05. The fourth-order valence-electron chi connectivity index (χ4n) is 3.37. The number of nitrogens with one attached hydrogen (secondary N) is 2. The predicted octanol–water partition coefficient (Wildman–Crippen LogP) is 4.41. The summed E-state index contributed by atoms with van der Waals surface area (Å²) in [5.74, 6) is 0.0814. The van der Waals surface area contributed by atoms with Crippen LogP contribution < -0.4 is 10.6 Å². The van der Waals surface area contributed by atoms with Crippen LogP contribution in [-0.2, 0) is 22.4 Å². The van der Waals surface area contributed by atoms with Crippen molar-refractivity contribution in [1.29, 1.82) is 0 Å². The van der Waals surface area contributed by atoms with Gasteiger partial charge < -0.3 is 15.4 Å². The van der Waals surface area contributed by atoms with Crippen molar-refractivity contribution in [3.8, 4) is 0 Å². The Hall–Kier alpha value is -2.34. The molecule has 0 fully saturated rings. The molecule has 5 nitrogen and oxygen atoms in total. The first-order valence-corrected chi connectivity index (χ1v) is 10.2. The average Bonchev–Trinajstić information content (AvgIpc) is 2.97. The number of thiophene rings is 1. The molecule has 1 amide bonds. The molecule has 0 spiro atoms. The Morgan fingerprint density at radius 2 is 2.15 bits per heavy atom. The van der Waals surface area contributed by atoms with Crippen molar-refractivity contribution >= 4 is 33.9 Å². The number of hydrogen-bond donors (Lipinski definition) is 2. The second kappa shape index (κ2) is 8.57. The van der Waals surface area contributed by atoms with Crippen LogP contribution in [0.1, 0.15) is 46.6 Å². The van der Waals surface area contributed by atoms with E-state index in [1.165, 1.54) is 16.2 Å². The molecule has 0 aliphatic heterocycles. The number of esters is 1. The summed E-state index contributed by atoms with van der Waals surface area (Å²) in [5, 5.41) is 6.66. The third kappa shape index (κ3) is 4.69. The van der Waals surface area contributed by atoms with Gasteiger partial charge in [-0.2, -0.15) is 0 Å². The van der Waals surface area contributed by atoms with E-state index in [4.69, 9.17) is 4.74 Å². The molecule has 1 aliphatic rings. The first-order valence-electron chi connectivity index (χ1n) is 9.40. The number of fused-ring (bicyclic) bond motifs is 1. The third-order valence-electron chi connectivity index (χ3n) is 4.72. The Morgan fingerprint density at radius 3 is 2.89 bits per heavy atom. The van der Waals surface area contributed by atoms with E-state index in [0.29, 0.717) is 23.1 Å². The first-order chi connectivity index (χ1) is 13.0. The van der Waals surface area contributed by atoms with Gasteiger partial charge >= 0.3 is 5.97 Å². The fourth-order valence-corrected chi connectivity index (χ4v) is 4.78. The van der Waals surface area contributed by atoms with Crippen LogP contribution in [0.15, 0.2) is 24.3 Å². The van der Waals surface area contributed by atoms with E-state index in [1.54, 1.807) is 6.92 Å². The maximum atomic E-state index is 12.5. The zero-order valence-corrected chi connectivity index (χ0v) is 16.9. The molecule has 1 aromatic heterocycles. The molecule has 0 bridgehead atoms. The molecule has 3 rings (SSSR count). The highest BCUT2D eigenvalue weighted by molar-refractivity contribution is 7.17. The summed E-state index contributed by atoms with van der Waals surface area (Å²) < 4.78 is 5.24. The normalized spacial score (nSPS) is 15.7. The zero-order valence-electron chi connectivity index (χ0n) is 16.1. The molecule has 6 heteroatoms. The maximum absolute atomic E-state index is 12.5. The van der Waals surface area contributed by atoms with Gasteiger partial charge in [0.2, 0.25) is 5.91 Å². The summed E-state index contributed by atoms with van der Waals surface area (Å²) in [5.41, 5.74) is 3.63. The van der Waals surface area contributed by atoms with Crippen LogP contribution in [0.25, 0.3) is 0 Å². The average molecular weight is 387 g/mol. The summed E-state index contributed by atoms with van der Waals surface area (Å²) in [7, 11) is 0. The number of carbonyl (C=O) groups is 2. The minimum Gasteiger partial charge on any atom is -0.462 e. The molecule has 144 valence electrons. The van der Waals surface area contributed by atoms with Crippen molar-refractivity contribution in [2.45, 2.75) is 40.0 Å². The number of aryl methyl sites for hydroxylation is 1. The summed E-state index contributed by atoms with van der Waals surface area (Å²) in [6.07, 6.45) is 2.86. The van der Waals surface area contributed by atoms with Gasteiger partial charge in [0.1, 0.15) is 5.00 Å². The van der Waals surface area contributed by atoms with E-state index in [9.17, 15) is 9.59 Å². The molecular weight excluding hydrogens is 360 g/mol. The van der Waals surface area contributed by atoms with E-state index in [2.05, 4.69) is 17.6 Å². The van der Waals surface area contributed by atoms with E-state index >= 15 is 0 Å². The highest BCUT2D eigenvalue weighted by atomic mass is 32.1. The molecule has 2 N–H and O–H groups in total. The van der Waals surface area contributed by atoms with Gasteiger partial charge in [-0.25, -0.2) is 4.79 Å². The quantitative estimate of drug-likeness (QED) is 0.722. The lowest BCUT2D eigenvalue weighted by molar-refractivity contribution is -0.114. The van der Waals surface area contributed by atoms with Crippen LogP contribution in [0.5, 0.6) is 0 Å². The van der Waals surface area contributed by atoms with Crippen LogP contribution in [0.2, 0.25) is 0 Å². The second-order valence-corrected chi connectivity index (χ2v) is 8.15. The van der Waals surface area contributed by atoms with E-state index in [-0.39, 0.29) is 18.4 Å². The highest BCUT2D eigenvalue weighted by Crippen LogP contribution is 2.40. The van der Waals surface area contributed by atoms with E-state index in [0.717, 1.165) is 36.1 Å². The Balaban J connectivity index is 1.75. The minimum absolute atomic E-state index is 0.144. The van der Waals surface area contributed by atoms with Gasteiger partial charge in [-0.05, 0) is 62.3 Å². The summed E-state index contributed by atoms with van der Waals surface area (Å²) in [6, 6.07) is 7.87. The summed E-state index contributed by atoms with van der Waals surface area (Å²) >= 11 is 1.51. The molecule has 0 saturated heterocycles. The molecular formula is C21H26N2O3S. The zero-order chi connectivity index (χ0) is 19.4. The number of hydrogen-bond acceptors (Lipinski definition) is 5. The topological polar surface area (TPSA) is 67.4 Å². The maximum Gasteiger partial charge on any atom is 0.341 e. The van der Waals surface area contributed by atoms with Gasteiger partial charge in [-0.3, -0.25) is 4.79 Å². The lowest BCUT2D eigenvalue weighted by Crippen LogP contribution is -2.22. The lowest BCUT2D eigenvalue weighted by atomic mass is 9.88. The van der Waals surface area contributed by atoms with Crippen molar-refractivity contribution in [3.63, 3.8) is 0 Å². The van der Waals surface area contributed by atoms with Gasteiger partial charge in [0, 0.05) is 10.6 Å². The van der Waals surface area contributed by atoms with Gasteiger partial charge in [0.05, 0.1) is 18.7 Å². The molecule has 27 heavy (non-hydrogen) atoms. The van der Waals surface area contributed by atoms with Crippen molar-refractivity contribution < 1.29 is 14.3 Å². The number of ether oxygens (including phenoxy) is 1. The monoisotopic (exact) mass is 386 g/mol. The molecule has 1 aromatic carbocycles. The molecule has 0 saturated carbocycles. The predicted molar refractivity (Wildman–Crippen MR) is 110 cm³/mol. The SMILES string of the molecule is CCOC(=O)c1c(NC(=O)CNc2cccc(C)c2)sc2c1CC[C@H](C)C2. The number of carbonyl (C=O) groups excluding carboxylic acids is 2. The van der Waals surface area contributed by atoms with Gasteiger partial charge in [-0.1, -0.05) is 19.1 Å². The molecule has 2 aromatic rings. The molecule has 0 radical (unpaired) electrons. The Morgan fingerprint density at radius 1 is 1.33 bits per heavy atom. The van der Waals surface area contributed by atoms with Crippen LogP contribution in [-0.4, -0.2) is 25.0 Å². The van der Waals surface area contributed by atoms with Crippen molar-refractivity contribution in [1.82, 2.24) is 0 Å². The Kier molecular flexibility index (Phi) is 6.16. The summed E-state index contributed by atoms with van der Waals surface area (Å²) in [4.78, 5) is 26.2. The van der Waals surface area contributed by atoms with Gasteiger partial charge in [0.15, 0.2) is 0 Å². The van der Waals surface area contributed by atoms with E-state index in [1.807, 2.05) is 31.2 Å². The number of anilines is 2. The molecule has 1 aliphatic carbocycles. The van der Waals surface area contributed by atoms with Crippen LogP contribution in [0.4, 0.5) is 10.7 Å². The minimum atomic E-state index is -0.341. The Bertz CT molecular complexity index is 844. The van der Waals surface area contributed by atoms with E-state index < -0.39 is 0 Å². The third-order valence-corrected chi connectivity index (χ3v) is 5.89. The van der Waals surface area contributed by atoms with Crippen molar-refractivity contribution in [2.75, 3.05) is 23.8 Å². The van der Waals surface area contributed by atoms with Gasteiger partial charge in [0.25, 0.3) is 0 Å². The van der Waals surface area contributed by atoms with Gasteiger partial charge in [-0.15, -0.1) is 11.3 Å². The Labute approximate surface area is 164 Å². The number of rotatable bonds is 6. The van der Waals surface area contributed by atoms with Crippen molar-refractivity contribution in [2.24, 2.45) is 5.92 Å². The molecule has 1 heterocycles. The number of benzene rings is 1. The first kappa shape index (κ1) is 19.4. The standard InChI is InChI=1S/C21H26N2O3S/c1-4-26-21(25)19-16-9-8-14(3)11-17(16)27-20(19)23-18(24)12-22-15-7-5-6-13(2)10-15/h5-7,10,14,22H,4,8-9,11-12H2,1-3H3,(H,23,24)/t14-/m0/s1. The summed E-state index contributed by atoms with van der Waals surface area (Å²) in [6.45, 7) is 6.49. The highest BCUT2D eigenvalue weighted by Gasteiger charge is 2.29. The van der Waals surface area contributed by atoms with Crippen molar-refractivity contribution in [3.05, 3.63) is 45.8 Å². The fraction of sp³-hybridized carbons (Fsp3) is 0.429. The smallest absolute Gasteiger partial charge is 0.341 e. The lowest BCUT2D eigenvalue weighted by Gasteiger charge is -2.18. The van der Waals surface area contributed by atoms with Crippen LogP contribution >= 0.6 is 11.3 Å². The molecule has 0 unspecified atom stereocenters. The van der Waals surface area contributed by atoms with Crippen LogP contribution in [0, 0.1) is 12.8 Å². The molecule has 1 atom stereocenters. The van der Waals surface area contributed by atoms with Crippen LogP contribution in [0.3, 0.4) is 0 Å².